The molecule has 0 spiro atoms. The number of aromatic hydroxyl groups is 1. The highest BCUT2D eigenvalue weighted by molar-refractivity contribution is 5.89. The van der Waals surface area contributed by atoms with E-state index in [1.807, 2.05) is 0 Å². The molecule has 0 unspecified atom stereocenters. The number of rotatable bonds is 2. The first-order valence-electron chi connectivity index (χ1n) is 4.24. The number of carbonyl (C=O) groups is 1. The average Bonchev–Trinajstić information content (AvgIpc) is 2.47. The molecule has 0 aliphatic heterocycles. The van der Waals surface area contributed by atoms with Gasteiger partial charge in [0.15, 0.2) is 0 Å². The molecule has 1 aromatic heterocycles. The van der Waals surface area contributed by atoms with E-state index >= 15 is 0 Å². The number of phenolic OH excluding ortho intramolecular Hbond substituents is 1. The first kappa shape index (κ1) is 8.62. The molecule has 4 N–H and O–H groups in total. The van der Waals surface area contributed by atoms with Crippen LogP contribution in [0.25, 0.3) is 10.9 Å². The van der Waals surface area contributed by atoms with Gasteiger partial charge in [-0.25, -0.2) is 0 Å². The number of primary amides is 1. The van der Waals surface area contributed by atoms with Gasteiger partial charge in [0.25, 0.3) is 0 Å². The van der Waals surface area contributed by atoms with Gasteiger partial charge in [-0.05, 0) is 17.7 Å². The molecule has 0 fully saturated rings. The van der Waals surface area contributed by atoms with Gasteiger partial charge in [0.1, 0.15) is 5.75 Å². The van der Waals surface area contributed by atoms with Crippen LogP contribution in [0.2, 0.25) is 0 Å². The van der Waals surface area contributed by atoms with Gasteiger partial charge in [0, 0.05) is 23.2 Å². The van der Waals surface area contributed by atoms with Crippen molar-refractivity contribution in [3.63, 3.8) is 0 Å². The van der Waals surface area contributed by atoms with Crippen molar-refractivity contribution in [3.05, 3.63) is 30.0 Å². The maximum Gasteiger partial charge on any atom is 0.221 e. The third-order valence-electron chi connectivity index (χ3n) is 2.12. The Kier molecular flexibility index (Phi) is 1.89. The maximum atomic E-state index is 10.7. The van der Waals surface area contributed by atoms with Crippen molar-refractivity contribution < 1.29 is 9.90 Å². The highest BCUT2D eigenvalue weighted by Crippen LogP contribution is 2.22. The number of carbonyl (C=O) groups excluding carboxylic acids is 1. The molecule has 1 amide bonds. The zero-order valence-electron chi connectivity index (χ0n) is 7.45. The molecule has 0 atom stereocenters. The van der Waals surface area contributed by atoms with E-state index in [9.17, 15) is 9.90 Å². The number of aromatic amines is 1. The minimum absolute atomic E-state index is 0.199. The fourth-order valence-corrected chi connectivity index (χ4v) is 1.51. The smallest absolute Gasteiger partial charge is 0.221 e. The fourth-order valence-electron chi connectivity index (χ4n) is 1.51. The third-order valence-corrected chi connectivity index (χ3v) is 2.12. The van der Waals surface area contributed by atoms with E-state index in [2.05, 4.69) is 4.98 Å². The van der Waals surface area contributed by atoms with Crippen LogP contribution in [0.4, 0.5) is 0 Å². The highest BCUT2D eigenvalue weighted by atomic mass is 16.3. The number of phenols is 1. The second kappa shape index (κ2) is 3.06. The van der Waals surface area contributed by atoms with Gasteiger partial charge >= 0.3 is 0 Å². The summed E-state index contributed by atoms with van der Waals surface area (Å²) in [6.45, 7) is 0. The third kappa shape index (κ3) is 1.42. The van der Waals surface area contributed by atoms with Crippen LogP contribution in [0.15, 0.2) is 24.4 Å². The molecule has 2 rings (SSSR count). The number of nitrogens with one attached hydrogen (secondary N) is 1. The van der Waals surface area contributed by atoms with Gasteiger partial charge in [0.2, 0.25) is 5.91 Å². The zero-order chi connectivity index (χ0) is 10.1. The van der Waals surface area contributed by atoms with Crippen LogP contribution in [0.3, 0.4) is 0 Å². The number of amides is 1. The van der Waals surface area contributed by atoms with Crippen molar-refractivity contribution in [1.82, 2.24) is 4.98 Å². The van der Waals surface area contributed by atoms with Crippen LogP contribution < -0.4 is 5.73 Å². The van der Waals surface area contributed by atoms with Crippen LogP contribution in [0, 0.1) is 0 Å². The van der Waals surface area contributed by atoms with E-state index in [1.54, 1.807) is 24.4 Å². The van der Waals surface area contributed by atoms with Crippen LogP contribution in [-0.2, 0) is 11.2 Å². The van der Waals surface area contributed by atoms with Crippen molar-refractivity contribution in [2.45, 2.75) is 6.42 Å². The topological polar surface area (TPSA) is 79.1 Å². The molecule has 0 saturated carbocycles. The lowest BCUT2D eigenvalue weighted by Gasteiger charge is -1.95. The lowest BCUT2D eigenvalue weighted by atomic mass is 10.1. The number of fused-ring (bicyclic) bond motifs is 1. The molecule has 0 radical (unpaired) electrons. The van der Waals surface area contributed by atoms with Crippen molar-refractivity contribution >= 4 is 16.8 Å². The second-order valence-corrected chi connectivity index (χ2v) is 3.19. The van der Waals surface area contributed by atoms with E-state index < -0.39 is 0 Å². The van der Waals surface area contributed by atoms with E-state index in [-0.39, 0.29) is 18.1 Å². The first-order chi connectivity index (χ1) is 6.66. The Hall–Kier alpha value is -1.97. The van der Waals surface area contributed by atoms with Crippen LogP contribution >= 0.6 is 0 Å². The second-order valence-electron chi connectivity index (χ2n) is 3.19. The summed E-state index contributed by atoms with van der Waals surface area (Å²) in [7, 11) is 0. The van der Waals surface area contributed by atoms with Crippen LogP contribution in [-0.4, -0.2) is 16.0 Å². The molecule has 14 heavy (non-hydrogen) atoms. The Morgan fingerprint density at radius 1 is 1.50 bits per heavy atom. The Morgan fingerprint density at radius 2 is 2.29 bits per heavy atom. The number of aromatic nitrogens is 1. The molecule has 4 nitrogen and oxygen atoms in total. The van der Waals surface area contributed by atoms with Gasteiger partial charge in [0.05, 0.1) is 6.42 Å². The fraction of sp³-hybridized carbons (Fsp3) is 0.100. The molecule has 0 aliphatic carbocycles. The normalized spacial score (nSPS) is 10.6. The van der Waals surface area contributed by atoms with Gasteiger partial charge < -0.3 is 15.8 Å². The Morgan fingerprint density at radius 3 is 3.00 bits per heavy atom. The molecule has 0 bridgehead atoms. The van der Waals surface area contributed by atoms with E-state index in [0.29, 0.717) is 0 Å². The molecule has 2 aromatic rings. The summed E-state index contributed by atoms with van der Waals surface area (Å²) < 4.78 is 0. The Labute approximate surface area is 80.3 Å². The standard InChI is InChI=1S/C10H10N2O2/c11-10(14)3-6-5-12-9-4-7(13)1-2-8(6)9/h1-2,4-5,12-13H,3H2,(H2,11,14). The predicted octanol–water partition coefficient (Wildman–Crippen LogP) is 0.901. The van der Waals surface area contributed by atoms with E-state index in [0.717, 1.165) is 16.5 Å². The van der Waals surface area contributed by atoms with Gasteiger partial charge in [-0.3, -0.25) is 4.79 Å². The number of H-pyrrole nitrogens is 1. The number of benzene rings is 1. The summed E-state index contributed by atoms with van der Waals surface area (Å²) in [5.74, 6) is -0.163. The largest absolute Gasteiger partial charge is 0.508 e. The monoisotopic (exact) mass is 190 g/mol. The Balaban J connectivity index is 2.52. The quantitative estimate of drug-likeness (QED) is 0.657. The lowest BCUT2D eigenvalue weighted by Crippen LogP contribution is -2.13. The van der Waals surface area contributed by atoms with Crippen molar-refractivity contribution in [3.8, 4) is 5.75 Å². The molecule has 0 aliphatic rings. The SMILES string of the molecule is NC(=O)Cc1c[nH]c2cc(O)ccc12. The van der Waals surface area contributed by atoms with Crippen molar-refractivity contribution in [1.29, 1.82) is 0 Å². The molecule has 72 valence electrons. The van der Waals surface area contributed by atoms with Crippen LogP contribution in [0.1, 0.15) is 5.56 Å². The van der Waals surface area contributed by atoms with Gasteiger partial charge in [-0.2, -0.15) is 0 Å². The minimum Gasteiger partial charge on any atom is -0.508 e. The Bertz CT molecular complexity index is 488. The number of hydrogen-bond acceptors (Lipinski definition) is 2. The van der Waals surface area contributed by atoms with Crippen molar-refractivity contribution in [2.24, 2.45) is 5.73 Å². The minimum atomic E-state index is -0.362. The zero-order valence-corrected chi connectivity index (χ0v) is 7.45. The first-order valence-corrected chi connectivity index (χ1v) is 4.24. The van der Waals surface area contributed by atoms with E-state index in [4.69, 9.17) is 5.73 Å². The molecule has 4 heteroatoms. The lowest BCUT2D eigenvalue weighted by molar-refractivity contribution is -0.117. The number of nitrogens with two attached hydrogens (primary N) is 1. The maximum absolute atomic E-state index is 10.7. The summed E-state index contributed by atoms with van der Waals surface area (Å²) in [5.41, 5.74) is 6.76. The van der Waals surface area contributed by atoms with Crippen molar-refractivity contribution in [2.75, 3.05) is 0 Å². The molecular formula is C10H10N2O2. The molecular weight excluding hydrogens is 180 g/mol. The summed E-state index contributed by atoms with van der Waals surface area (Å²) in [6.07, 6.45) is 1.94. The summed E-state index contributed by atoms with van der Waals surface area (Å²) >= 11 is 0. The summed E-state index contributed by atoms with van der Waals surface area (Å²) in [5, 5.41) is 10.1. The van der Waals surface area contributed by atoms with Gasteiger partial charge in [-0.1, -0.05) is 0 Å². The number of hydrogen-bond donors (Lipinski definition) is 3. The van der Waals surface area contributed by atoms with E-state index in [1.165, 1.54) is 0 Å². The highest BCUT2D eigenvalue weighted by Gasteiger charge is 2.06. The summed E-state index contributed by atoms with van der Waals surface area (Å²) in [6, 6.07) is 4.96. The van der Waals surface area contributed by atoms with Crippen LogP contribution in [0.5, 0.6) is 5.75 Å². The molecule has 0 saturated heterocycles. The molecule has 1 heterocycles. The summed E-state index contributed by atoms with van der Waals surface area (Å²) in [4.78, 5) is 13.7. The predicted molar refractivity (Wildman–Crippen MR) is 52.9 cm³/mol. The molecule has 1 aromatic carbocycles. The van der Waals surface area contributed by atoms with Gasteiger partial charge in [-0.15, -0.1) is 0 Å². The average molecular weight is 190 g/mol.